The fourth-order valence-corrected chi connectivity index (χ4v) is 2.50. The minimum Gasteiger partial charge on any atom is -0.313 e. The van der Waals surface area contributed by atoms with Crippen LogP contribution in [0.1, 0.15) is 70.9 Å². The van der Waals surface area contributed by atoms with Crippen LogP contribution in [0.4, 0.5) is 0 Å². The van der Waals surface area contributed by atoms with Gasteiger partial charge in [-0.2, -0.15) is 0 Å². The van der Waals surface area contributed by atoms with E-state index in [1.165, 1.54) is 44.2 Å². The topological polar surface area (TPSA) is 24.9 Å². The maximum Gasteiger partial charge on any atom is 0.0447 e. The number of nitrogens with zero attached hydrogens (tertiary/aromatic N) is 1. The van der Waals surface area contributed by atoms with Crippen LogP contribution in [-0.2, 0) is 0 Å². The molecule has 0 radical (unpaired) electrons. The van der Waals surface area contributed by atoms with Crippen molar-refractivity contribution in [3.05, 3.63) is 30.1 Å². The van der Waals surface area contributed by atoms with E-state index < -0.39 is 0 Å². The summed E-state index contributed by atoms with van der Waals surface area (Å²) < 4.78 is 0. The van der Waals surface area contributed by atoms with Crippen molar-refractivity contribution in [2.24, 2.45) is 0 Å². The average Bonchev–Trinajstić information content (AvgIpc) is 2.47. The van der Waals surface area contributed by atoms with Crippen molar-refractivity contribution in [1.82, 2.24) is 10.3 Å². The largest absolute Gasteiger partial charge is 0.313 e. The van der Waals surface area contributed by atoms with Crippen LogP contribution in [0.15, 0.2) is 24.4 Å². The number of nitrogens with one attached hydrogen (secondary N) is 1. The summed E-state index contributed by atoms with van der Waals surface area (Å²) in [6, 6.07) is 6.79. The van der Waals surface area contributed by atoms with Gasteiger partial charge in [0.1, 0.15) is 0 Å². The second-order valence-corrected chi connectivity index (χ2v) is 5.45. The molecule has 1 N–H and O–H groups in total. The first kappa shape index (κ1) is 16.2. The maximum absolute atomic E-state index is 4.51. The lowest BCUT2D eigenvalue weighted by Gasteiger charge is -2.25. The molecule has 0 bridgehead atoms. The van der Waals surface area contributed by atoms with Gasteiger partial charge in [0.2, 0.25) is 0 Å². The van der Waals surface area contributed by atoms with Crippen LogP contribution in [-0.4, -0.2) is 17.6 Å². The van der Waals surface area contributed by atoms with Gasteiger partial charge in [-0.1, -0.05) is 52.5 Å². The summed E-state index contributed by atoms with van der Waals surface area (Å²) in [5.74, 6) is 0.495. The van der Waals surface area contributed by atoms with Crippen LogP contribution in [0.5, 0.6) is 0 Å². The molecule has 2 heteroatoms. The molecule has 0 spiro atoms. The van der Waals surface area contributed by atoms with E-state index in [4.69, 9.17) is 0 Å². The van der Waals surface area contributed by atoms with Gasteiger partial charge < -0.3 is 5.32 Å². The van der Waals surface area contributed by atoms with Gasteiger partial charge in [-0.25, -0.2) is 0 Å². The Morgan fingerprint density at radius 2 is 1.95 bits per heavy atom. The number of pyridine rings is 1. The molecule has 1 rings (SSSR count). The van der Waals surface area contributed by atoms with Gasteiger partial charge in [0, 0.05) is 23.9 Å². The molecule has 0 aromatic carbocycles. The van der Waals surface area contributed by atoms with Gasteiger partial charge >= 0.3 is 0 Å². The molecular weight excluding hydrogens is 232 g/mol. The minimum atomic E-state index is 0.495. The third-order valence-electron chi connectivity index (χ3n) is 3.78. The lowest BCUT2D eigenvalue weighted by molar-refractivity contribution is 0.402. The summed E-state index contributed by atoms with van der Waals surface area (Å²) >= 11 is 0. The highest BCUT2D eigenvalue weighted by Crippen LogP contribution is 2.21. The molecule has 0 saturated carbocycles. The molecule has 0 fully saturated rings. The van der Waals surface area contributed by atoms with E-state index in [1.54, 1.807) is 0 Å². The maximum atomic E-state index is 4.51. The highest BCUT2D eigenvalue weighted by atomic mass is 14.9. The Morgan fingerprint density at radius 3 is 2.58 bits per heavy atom. The molecule has 19 heavy (non-hydrogen) atoms. The van der Waals surface area contributed by atoms with E-state index in [1.807, 2.05) is 12.3 Å². The molecule has 1 aromatic rings. The molecule has 2 unspecified atom stereocenters. The van der Waals surface area contributed by atoms with E-state index in [0.29, 0.717) is 12.0 Å². The zero-order valence-electron chi connectivity index (χ0n) is 12.9. The molecule has 1 heterocycles. The van der Waals surface area contributed by atoms with Crippen molar-refractivity contribution in [3.8, 4) is 0 Å². The van der Waals surface area contributed by atoms with E-state index in [2.05, 4.69) is 43.2 Å². The van der Waals surface area contributed by atoms with Gasteiger partial charge in [-0.3, -0.25) is 4.98 Å². The summed E-state index contributed by atoms with van der Waals surface area (Å²) in [6.45, 7) is 7.90. The summed E-state index contributed by atoms with van der Waals surface area (Å²) in [7, 11) is 0. The van der Waals surface area contributed by atoms with Crippen molar-refractivity contribution in [1.29, 1.82) is 0 Å². The van der Waals surface area contributed by atoms with Gasteiger partial charge in [0.05, 0.1) is 0 Å². The first-order valence-corrected chi connectivity index (χ1v) is 7.93. The van der Waals surface area contributed by atoms with E-state index >= 15 is 0 Å². The molecule has 2 atom stereocenters. The first-order valence-electron chi connectivity index (χ1n) is 7.93. The second-order valence-electron chi connectivity index (χ2n) is 5.45. The molecule has 0 amide bonds. The number of aromatic nitrogens is 1. The number of rotatable bonds is 10. The Morgan fingerprint density at radius 1 is 1.11 bits per heavy atom. The molecule has 1 aromatic heterocycles. The van der Waals surface area contributed by atoms with Gasteiger partial charge in [-0.05, 0) is 31.5 Å². The molecule has 0 aliphatic carbocycles. The molecule has 0 saturated heterocycles. The van der Waals surface area contributed by atoms with Crippen LogP contribution >= 0.6 is 0 Å². The molecule has 0 aliphatic rings. The highest BCUT2D eigenvalue weighted by Gasteiger charge is 2.18. The number of unbranched alkanes of at least 4 members (excludes halogenated alkanes) is 3. The van der Waals surface area contributed by atoms with E-state index in [0.717, 1.165) is 6.54 Å². The van der Waals surface area contributed by atoms with E-state index in [-0.39, 0.29) is 0 Å². The van der Waals surface area contributed by atoms with Crippen molar-refractivity contribution in [2.45, 2.75) is 71.3 Å². The highest BCUT2D eigenvalue weighted by molar-refractivity contribution is 5.11. The second kappa shape index (κ2) is 9.96. The zero-order chi connectivity index (χ0) is 13.9. The number of hydrogen-bond donors (Lipinski definition) is 1. The third-order valence-corrected chi connectivity index (χ3v) is 3.78. The SMILES string of the molecule is CCCCCCC(NCCC)C(C)c1ccccn1. The van der Waals surface area contributed by atoms with Gasteiger partial charge in [0.15, 0.2) is 0 Å². The standard InChI is InChI=1S/C17H30N2/c1-4-6-7-8-11-16(18-13-5-2)15(3)17-12-9-10-14-19-17/h9-10,12,14-16,18H,4-8,11,13H2,1-3H3. The van der Waals surface area contributed by atoms with Crippen molar-refractivity contribution in [3.63, 3.8) is 0 Å². The van der Waals surface area contributed by atoms with Crippen LogP contribution in [0.2, 0.25) is 0 Å². The normalized spacial score (nSPS) is 14.3. The fraction of sp³-hybridized carbons (Fsp3) is 0.706. The molecule has 0 aliphatic heterocycles. The van der Waals surface area contributed by atoms with Crippen molar-refractivity contribution in [2.75, 3.05) is 6.54 Å². The summed E-state index contributed by atoms with van der Waals surface area (Å²) in [5.41, 5.74) is 1.21. The smallest absolute Gasteiger partial charge is 0.0447 e. The molecule has 2 nitrogen and oxygen atoms in total. The van der Waals surface area contributed by atoms with E-state index in [9.17, 15) is 0 Å². The minimum absolute atomic E-state index is 0.495. The first-order chi connectivity index (χ1) is 9.29. The lowest BCUT2D eigenvalue weighted by Crippen LogP contribution is -2.34. The van der Waals surface area contributed by atoms with Crippen molar-refractivity contribution >= 4 is 0 Å². The Bertz CT molecular complexity index is 310. The third kappa shape index (κ3) is 6.20. The van der Waals surface area contributed by atoms with Gasteiger partial charge in [-0.15, -0.1) is 0 Å². The quantitative estimate of drug-likeness (QED) is 0.627. The van der Waals surface area contributed by atoms with Crippen LogP contribution in [0, 0.1) is 0 Å². The Kier molecular flexibility index (Phi) is 8.48. The monoisotopic (exact) mass is 262 g/mol. The Hall–Kier alpha value is -0.890. The summed E-state index contributed by atoms with van der Waals surface area (Å²) in [4.78, 5) is 4.51. The molecule has 108 valence electrons. The fourth-order valence-electron chi connectivity index (χ4n) is 2.50. The Labute approximate surface area is 119 Å². The van der Waals surface area contributed by atoms with Crippen LogP contribution in [0.3, 0.4) is 0 Å². The summed E-state index contributed by atoms with van der Waals surface area (Å²) in [5, 5.41) is 3.70. The van der Waals surface area contributed by atoms with Crippen LogP contribution in [0.25, 0.3) is 0 Å². The number of hydrogen-bond acceptors (Lipinski definition) is 2. The van der Waals surface area contributed by atoms with Gasteiger partial charge in [0.25, 0.3) is 0 Å². The van der Waals surface area contributed by atoms with Crippen LogP contribution < -0.4 is 5.32 Å². The predicted octanol–water partition coefficient (Wildman–Crippen LogP) is 4.52. The van der Waals surface area contributed by atoms with Crippen molar-refractivity contribution < 1.29 is 0 Å². The lowest BCUT2D eigenvalue weighted by atomic mass is 9.92. The predicted molar refractivity (Wildman–Crippen MR) is 83.5 cm³/mol. The molecular formula is C17H30N2. The average molecular weight is 262 g/mol. The Balaban J connectivity index is 2.51. The summed E-state index contributed by atoms with van der Waals surface area (Å²) in [6.07, 6.45) is 9.71. The zero-order valence-corrected chi connectivity index (χ0v) is 12.9.